The van der Waals surface area contributed by atoms with Crippen LogP contribution in [0.25, 0.3) is 0 Å². The first-order valence-corrected chi connectivity index (χ1v) is 6.78. The lowest BCUT2D eigenvalue weighted by molar-refractivity contribution is -0.137. The average molecular weight is 236 g/mol. The van der Waals surface area contributed by atoms with E-state index in [1.54, 1.807) is 0 Å². The first kappa shape index (κ1) is 11.1. The molecule has 4 nitrogen and oxygen atoms in total. The third kappa shape index (κ3) is 2.17. The van der Waals surface area contributed by atoms with Crippen LogP contribution in [0, 0.1) is 5.92 Å². The Kier molecular flexibility index (Phi) is 2.60. The summed E-state index contributed by atoms with van der Waals surface area (Å²) >= 11 is 0. The summed E-state index contributed by atoms with van der Waals surface area (Å²) in [5, 5.41) is 2.80. The summed E-state index contributed by atoms with van der Waals surface area (Å²) < 4.78 is 0. The molecule has 3 aliphatic rings. The Morgan fingerprint density at radius 3 is 2.47 bits per heavy atom. The van der Waals surface area contributed by atoms with Gasteiger partial charge in [0, 0.05) is 18.5 Å². The van der Waals surface area contributed by atoms with Gasteiger partial charge in [0.15, 0.2) is 0 Å². The maximum Gasteiger partial charge on any atom is 0.245 e. The standard InChI is InChI=1S/C13H20N2O2/c1-8(9-2-3-9)15(10-4-5-10)13(17)11-6-7-12(16)14-11/h8-11H,2-7H2,1H3,(H,14,16)/t8-,11+/m0/s1. The van der Waals surface area contributed by atoms with Crippen LogP contribution in [0.5, 0.6) is 0 Å². The second kappa shape index (κ2) is 4.00. The van der Waals surface area contributed by atoms with E-state index in [9.17, 15) is 9.59 Å². The Labute approximate surface area is 102 Å². The second-order valence-corrected chi connectivity index (χ2v) is 5.71. The van der Waals surface area contributed by atoms with Crippen molar-refractivity contribution in [1.82, 2.24) is 10.2 Å². The van der Waals surface area contributed by atoms with Crippen LogP contribution in [0.2, 0.25) is 0 Å². The molecule has 17 heavy (non-hydrogen) atoms. The monoisotopic (exact) mass is 236 g/mol. The van der Waals surface area contributed by atoms with Crippen LogP contribution >= 0.6 is 0 Å². The molecule has 0 aromatic rings. The van der Waals surface area contributed by atoms with Gasteiger partial charge in [-0.15, -0.1) is 0 Å². The molecule has 0 unspecified atom stereocenters. The summed E-state index contributed by atoms with van der Waals surface area (Å²) in [6, 6.07) is 0.576. The minimum atomic E-state index is -0.246. The molecule has 1 saturated heterocycles. The number of carbonyl (C=O) groups is 2. The third-order valence-corrected chi connectivity index (χ3v) is 4.23. The van der Waals surface area contributed by atoms with Gasteiger partial charge < -0.3 is 10.2 Å². The van der Waals surface area contributed by atoms with Crippen LogP contribution in [-0.2, 0) is 9.59 Å². The molecular weight excluding hydrogens is 216 g/mol. The van der Waals surface area contributed by atoms with E-state index in [0.29, 0.717) is 30.8 Å². The summed E-state index contributed by atoms with van der Waals surface area (Å²) in [7, 11) is 0. The Morgan fingerprint density at radius 1 is 1.29 bits per heavy atom. The number of nitrogens with zero attached hydrogens (tertiary/aromatic N) is 1. The number of nitrogens with one attached hydrogen (secondary N) is 1. The summed E-state index contributed by atoms with van der Waals surface area (Å²) in [5.74, 6) is 0.896. The zero-order valence-electron chi connectivity index (χ0n) is 10.3. The predicted octanol–water partition coefficient (Wildman–Crippen LogP) is 1.05. The molecule has 4 heteroatoms. The average Bonchev–Trinajstić information content (AvgIpc) is 3.18. The van der Waals surface area contributed by atoms with Crippen LogP contribution in [0.1, 0.15) is 45.4 Å². The number of rotatable bonds is 4. The van der Waals surface area contributed by atoms with Crippen LogP contribution in [0.4, 0.5) is 0 Å². The van der Waals surface area contributed by atoms with Gasteiger partial charge >= 0.3 is 0 Å². The highest BCUT2D eigenvalue weighted by Gasteiger charge is 2.44. The lowest BCUT2D eigenvalue weighted by Crippen LogP contribution is -2.50. The van der Waals surface area contributed by atoms with Crippen molar-refractivity contribution in [2.24, 2.45) is 5.92 Å². The van der Waals surface area contributed by atoms with Crippen LogP contribution in [0.3, 0.4) is 0 Å². The Balaban J connectivity index is 1.69. The summed E-state index contributed by atoms with van der Waals surface area (Å²) in [6.07, 6.45) is 5.99. The van der Waals surface area contributed by atoms with E-state index in [0.717, 1.165) is 12.8 Å². The fraction of sp³-hybridized carbons (Fsp3) is 0.846. The van der Waals surface area contributed by atoms with Gasteiger partial charge in [0.2, 0.25) is 11.8 Å². The first-order chi connectivity index (χ1) is 8.16. The van der Waals surface area contributed by atoms with E-state index in [1.807, 2.05) is 0 Å². The highest BCUT2D eigenvalue weighted by molar-refractivity contribution is 5.91. The SMILES string of the molecule is C[C@@H](C1CC1)N(C(=O)[C@H]1CCC(=O)N1)C1CC1. The van der Waals surface area contributed by atoms with Crippen LogP contribution in [-0.4, -0.2) is 34.8 Å². The van der Waals surface area contributed by atoms with Gasteiger partial charge in [0.1, 0.15) is 6.04 Å². The Morgan fingerprint density at radius 2 is 2.00 bits per heavy atom. The molecule has 0 aromatic heterocycles. The molecule has 3 fully saturated rings. The van der Waals surface area contributed by atoms with E-state index >= 15 is 0 Å². The van der Waals surface area contributed by atoms with Crippen molar-refractivity contribution in [3.05, 3.63) is 0 Å². The Bertz CT molecular complexity index is 347. The quantitative estimate of drug-likeness (QED) is 0.793. The van der Waals surface area contributed by atoms with E-state index in [2.05, 4.69) is 17.1 Å². The van der Waals surface area contributed by atoms with Crippen molar-refractivity contribution in [1.29, 1.82) is 0 Å². The Hall–Kier alpha value is -1.06. The van der Waals surface area contributed by atoms with Crippen LogP contribution < -0.4 is 5.32 Å². The maximum absolute atomic E-state index is 12.5. The summed E-state index contributed by atoms with van der Waals surface area (Å²) in [6.45, 7) is 2.17. The molecule has 2 amide bonds. The van der Waals surface area contributed by atoms with Gasteiger partial charge in [0.25, 0.3) is 0 Å². The van der Waals surface area contributed by atoms with E-state index in [-0.39, 0.29) is 17.9 Å². The topological polar surface area (TPSA) is 49.4 Å². The molecule has 0 spiro atoms. The van der Waals surface area contributed by atoms with Gasteiger partial charge in [-0.3, -0.25) is 9.59 Å². The summed E-state index contributed by atoms with van der Waals surface area (Å²) in [5.41, 5.74) is 0. The van der Waals surface area contributed by atoms with Crippen molar-refractivity contribution in [2.45, 2.75) is 63.6 Å². The first-order valence-electron chi connectivity index (χ1n) is 6.78. The van der Waals surface area contributed by atoms with E-state index in [1.165, 1.54) is 12.8 Å². The van der Waals surface area contributed by atoms with Gasteiger partial charge in [-0.05, 0) is 44.9 Å². The molecule has 0 bridgehead atoms. The fourth-order valence-corrected chi connectivity index (χ4v) is 2.85. The number of hydrogen-bond donors (Lipinski definition) is 1. The molecule has 1 aliphatic heterocycles. The highest BCUT2D eigenvalue weighted by atomic mass is 16.2. The molecule has 2 atom stereocenters. The lowest BCUT2D eigenvalue weighted by Gasteiger charge is -2.31. The van der Waals surface area contributed by atoms with Gasteiger partial charge in [-0.2, -0.15) is 0 Å². The van der Waals surface area contributed by atoms with Crippen molar-refractivity contribution in [3.63, 3.8) is 0 Å². The van der Waals surface area contributed by atoms with Gasteiger partial charge in [-0.1, -0.05) is 0 Å². The van der Waals surface area contributed by atoms with Crippen molar-refractivity contribution in [2.75, 3.05) is 0 Å². The molecule has 0 aromatic carbocycles. The van der Waals surface area contributed by atoms with Gasteiger partial charge in [0.05, 0.1) is 0 Å². The molecule has 1 heterocycles. The highest BCUT2D eigenvalue weighted by Crippen LogP contribution is 2.40. The van der Waals surface area contributed by atoms with Crippen molar-refractivity contribution in [3.8, 4) is 0 Å². The molecule has 3 rings (SSSR count). The van der Waals surface area contributed by atoms with Gasteiger partial charge in [-0.25, -0.2) is 0 Å². The minimum absolute atomic E-state index is 0.0261. The largest absolute Gasteiger partial charge is 0.344 e. The fourth-order valence-electron chi connectivity index (χ4n) is 2.85. The molecule has 94 valence electrons. The molecular formula is C13H20N2O2. The smallest absolute Gasteiger partial charge is 0.245 e. The third-order valence-electron chi connectivity index (χ3n) is 4.23. The number of amides is 2. The molecule has 2 aliphatic carbocycles. The minimum Gasteiger partial charge on any atom is -0.344 e. The molecule has 2 saturated carbocycles. The zero-order valence-corrected chi connectivity index (χ0v) is 10.3. The van der Waals surface area contributed by atoms with E-state index in [4.69, 9.17) is 0 Å². The maximum atomic E-state index is 12.5. The van der Waals surface area contributed by atoms with E-state index < -0.39 is 0 Å². The number of carbonyl (C=O) groups excluding carboxylic acids is 2. The lowest BCUT2D eigenvalue weighted by atomic mass is 10.1. The second-order valence-electron chi connectivity index (χ2n) is 5.71. The predicted molar refractivity (Wildman–Crippen MR) is 63.2 cm³/mol. The number of hydrogen-bond acceptors (Lipinski definition) is 2. The van der Waals surface area contributed by atoms with Crippen LogP contribution in [0.15, 0.2) is 0 Å². The summed E-state index contributed by atoms with van der Waals surface area (Å²) in [4.78, 5) is 25.7. The molecule has 1 N–H and O–H groups in total. The van der Waals surface area contributed by atoms with Crippen molar-refractivity contribution < 1.29 is 9.59 Å². The zero-order chi connectivity index (χ0) is 12.0. The van der Waals surface area contributed by atoms with Crippen molar-refractivity contribution >= 4 is 11.8 Å². The normalized spacial score (nSPS) is 29.9. The molecule has 0 radical (unpaired) electrons.